The molecule has 0 saturated heterocycles. The highest BCUT2D eigenvalue weighted by Gasteiger charge is 2.44. The van der Waals surface area contributed by atoms with E-state index in [4.69, 9.17) is 5.73 Å². The summed E-state index contributed by atoms with van der Waals surface area (Å²) in [7, 11) is 0. The first kappa shape index (κ1) is 11.0. The van der Waals surface area contributed by atoms with Gasteiger partial charge in [0.1, 0.15) is 0 Å². The second-order valence-electron chi connectivity index (χ2n) is 5.83. The molecule has 0 bridgehead atoms. The van der Waals surface area contributed by atoms with Crippen LogP contribution in [0, 0.1) is 11.3 Å². The lowest BCUT2D eigenvalue weighted by atomic mass is 10.0. The summed E-state index contributed by atoms with van der Waals surface area (Å²) < 4.78 is 0. The second kappa shape index (κ2) is 3.58. The summed E-state index contributed by atoms with van der Waals surface area (Å²) in [5, 5.41) is 3.48. The highest BCUT2D eigenvalue weighted by Crippen LogP contribution is 2.50. The van der Waals surface area contributed by atoms with E-state index in [0.29, 0.717) is 5.41 Å². The first-order valence-electron chi connectivity index (χ1n) is 5.31. The van der Waals surface area contributed by atoms with E-state index in [1.807, 2.05) is 0 Å². The Bertz CT molecular complexity index is 167. The van der Waals surface area contributed by atoms with Crippen molar-refractivity contribution in [2.45, 2.75) is 46.1 Å². The van der Waals surface area contributed by atoms with Gasteiger partial charge < -0.3 is 11.1 Å². The standard InChI is InChI=1S/C11H24N2/c1-10(2)7-9(10)8-13-6-5-11(3,4)12/h9,13H,5-8,12H2,1-4H3. The SMILES string of the molecule is CC(C)(N)CCNCC1CC1(C)C. The first-order valence-corrected chi connectivity index (χ1v) is 5.31. The molecule has 1 unspecified atom stereocenters. The van der Waals surface area contributed by atoms with Gasteiger partial charge in [0.05, 0.1) is 0 Å². The van der Waals surface area contributed by atoms with Crippen LogP contribution in [0.1, 0.15) is 40.5 Å². The highest BCUT2D eigenvalue weighted by atomic mass is 14.9. The van der Waals surface area contributed by atoms with Gasteiger partial charge in [-0.1, -0.05) is 13.8 Å². The topological polar surface area (TPSA) is 38.0 Å². The van der Waals surface area contributed by atoms with Gasteiger partial charge in [-0.2, -0.15) is 0 Å². The van der Waals surface area contributed by atoms with E-state index in [-0.39, 0.29) is 5.54 Å². The maximum atomic E-state index is 5.88. The number of nitrogens with two attached hydrogens (primary N) is 1. The van der Waals surface area contributed by atoms with Crippen LogP contribution in [0.15, 0.2) is 0 Å². The van der Waals surface area contributed by atoms with Crippen molar-refractivity contribution in [1.29, 1.82) is 0 Å². The average Bonchev–Trinajstić information content (AvgIpc) is 2.50. The molecule has 3 N–H and O–H groups in total. The summed E-state index contributed by atoms with van der Waals surface area (Å²) in [6.07, 6.45) is 2.44. The maximum absolute atomic E-state index is 5.88. The third-order valence-corrected chi connectivity index (χ3v) is 3.05. The van der Waals surface area contributed by atoms with Gasteiger partial charge >= 0.3 is 0 Å². The monoisotopic (exact) mass is 184 g/mol. The lowest BCUT2D eigenvalue weighted by molar-refractivity contribution is 0.441. The summed E-state index contributed by atoms with van der Waals surface area (Å²) in [5.74, 6) is 0.897. The number of hydrogen-bond acceptors (Lipinski definition) is 2. The van der Waals surface area contributed by atoms with Crippen LogP contribution in [-0.4, -0.2) is 18.6 Å². The van der Waals surface area contributed by atoms with Gasteiger partial charge in [0.25, 0.3) is 0 Å². The lowest BCUT2D eigenvalue weighted by Crippen LogP contribution is -2.36. The molecule has 1 fully saturated rings. The molecule has 78 valence electrons. The smallest absolute Gasteiger partial charge is 0.0109 e. The van der Waals surface area contributed by atoms with Gasteiger partial charge in [-0.25, -0.2) is 0 Å². The van der Waals surface area contributed by atoms with Crippen LogP contribution in [0.2, 0.25) is 0 Å². The molecule has 0 aromatic heterocycles. The van der Waals surface area contributed by atoms with Crippen LogP contribution in [0.4, 0.5) is 0 Å². The molecule has 1 saturated carbocycles. The van der Waals surface area contributed by atoms with Crippen molar-refractivity contribution < 1.29 is 0 Å². The molecule has 2 heteroatoms. The van der Waals surface area contributed by atoms with E-state index in [1.54, 1.807) is 0 Å². The molecular formula is C11H24N2. The summed E-state index contributed by atoms with van der Waals surface area (Å²) >= 11 is 0. The summed E-state index contributed by atoms with van der Waals surface area (Å²) in [6, 6.07) is 0. The second-order valence-corrected chi connectivity index (χ2v) is 5.83. The predicted molar refractivity (Wildman–Crippen MR) is 57.6 cm³/mol. The minimum absolute atomic E-state index is 0.0218. The van der Waals surface area contributed by atoms with Gasteiger partial charge in [0.2, 0.25) is 0 Å². The maximum Gasteiger partial charge on any atom is 0.0109 e. The molecule has 1 aliphatic rings. The van der Waals surface area contributed by atoms with Crippen molar-refractivity contribution >= 4 is 0 Å². The fourth-order valence-corrected chi connectivity index (χ4v) is 1.61. The van der Waals surface area contributed by atoms with Crippen molar-refractivity contribution in [3.63, 3.8) is 0 Å². The lowest BCUT2D eigenvalue weighted by Gasteiger charge is -2.18. The van der Waals surface area contributed by atoms with Gasteiger partial charge in [0.15, 0.2) is 0 Å². The molecule has 0 amide bonds. The van der Waals surface area contributed by atoms with Crippen molar-refractivity contribution in [3.8, 4) is 0 Å². The summed E-state index contributed by atoms with van der Waals surface area (Å²) in [4.78, 5) is 0. The Morgan fingerprint density at radius 2 is 2.00 bits per heavy atom. The normalized spacial score (nSPS) is 26.1. The van der Waals surface area contributed by atoms with Crippen LogP contribution in [0.3, 0.4) is 0 Å². The molecule has 1 atom stereocenters. The molecule has 0 aliphatic heterocycles. The fraction of sp³-hybridized carbons (Fsp3) is 1.00. The summed E-state index contributed by atoms with van der Waals surface area (Å²) in [6.45, 7) is 11.1. The predicted octanol–water partition coefficient (Wildman–Crippen LogP) is 1.75. The first-order chi connectivity index (χ1) is 5.81. The van der Waals surface area contributed by atoms with E-state index in [2.05, 4.69) is 33.0 Å². The van der Waals surface area contributed by atoms with Gasteiger partial charge in [0, 0.05) is 5.54 Å². The van der Waals surface area contributed by atoms with E-state index < -0.39 is 0 Å². The Morgan fingerprint density at radius 3 is 2.38 bits per heavy atom. The Labute approximate surface area is 82.3 Å². The van der Waals surface area contributed by atoms with Crippen LogP contribution >= 0.6 is 0 Å². The Balaban J connectivity index is 1.97. The van der Waals surface area contributed by atoms with Crippen LogP contribution in [0.25, 0.3) is 0 Å². The average molecular weight is 184 g/mol. The fourth-order valence-electron chi connectivity index (χ4n) is 1.61. The number of hydrogen-bond donors (Lipinski definition) is 2. The highest BCUT2D eigenvalue weighted by molar-refractivity contribution is 4.96. The van der Waals surface area contributed by atoms with Gasteiger partial charge in [-0.05, 0) is 51.1 Å². The zero-order valence-electron chi connectivity index (χ0n) is 9.48. The minimum Gasteiger partial charge on any atom is -0.326 e. The van der Waals surface area contributed by atoms with Crippen molar-refractivity contribution in [3.05, 3.63) is 0 Å². The van der Waals surface area contributed by atoms with Crippen LogP contribution < -0.4 is 11.1 Å². The van der Waals surface area contributed by atoms with Crippen LogP contribution in [-0.2, 0) is 0 Å². The quantitative estimate of drug-likeness (QED) is 0.639. The molecule has 0 heterocycles. The molecule has 0 aromatic rings. The Morgan fingerprint density at radius 1 is 1.46 bits per heavy atom. The van der Waals surface area contributed by atoms with E-state index in [0.717, 1.165) is 18.9 Å². The molecule has 0 aromatic carbocycles. The molecule has 0 spiro atoms. The molecule has 13 heavy (non-hydrogen) atoms. The van der Waals surface area contributed by atoms with Crippen molar-refractivity contribution in [2.75, 3.05) is 13.1 Å². The third-order valence-electron chi connectivity index (χ3n) is 3.05. The minimum atomic E-state index is -0.0218. The molecule has 0 radical (unpaired) electrons. The zero-order chi connectivity index (χ0) is 10.1. The Hall–Kier alpha value is -0.0800. The zero-order valence-corrected chi connectivity index (χ0v) is 9.48. The van der Waals surface area contributed by atoms with E-state index >= 15 is 0 Å². The van der Waals surface area contributed by atoms with Crippen LogP contribution in [0.5, 0.6) is 0 Å². The van der Waals surface area contributed by atoms with Gasteiger partial charge in [-0.15, -0.1) is 0 Å². The Kier molecular flexibility index (Phi) is 3.03. The number of nitrogens with one attached hydrogen (secondary N) is 1. The molecule has 1 rings (SSSR count). The van der Waals surface area contributed by atoms with Gasteiger partial charge in [-0.3, -0.25) is 0 Å². The molecular weight excluding hydrogens is 160 g/mol. The van der Waals surface area contributed by atoms with E-state index in [1.165, 1.54) is 13.0 Å². The number of rotatable bonds is 5. The summed E-state index contributed by atoms with van der Waals surface area (Å²) in [5.41, 5.74) is 6.46. The van der Waals surface area contributed by atoms with E-state index in [9.17, 15) is 0 Å². The van der Waals surface area contributed by atoms with Crippen molar-refractivity contribution in [1.82, 2.24) is 5.32 Å². The largest absolute Gasteiger partial charge is 0.326 e. The van der Waals surface area contributed by atoms with Crippen molar-refractivity contribution in [2.24, 2.45) is 17.1 Å². The molecule has 2 nitrogen and oxygen atoms in total. The molecule has 1 aliphatic carbocycles. The third kappa shape index (κ3) is 4.10.